The fourth-order valence-corrected chi connectivity index (χ4v) is 5.36. The van der Waals surface area contributed by atoms with Crippen LogP contribution in [-0.4, -0.2) is 59.4 Å². The van der Waals surface area contributed by atoms with Crippen LogP contribution in [0.5, 0.6) is 0 Å². The molecule has 0 radical (unpaired) electrons. The number of nitrogens with zero attached hydrogens (tertiary/aromatic N) is 2. The van der Waals surface area contributed by atoms with Gasteiger partial charge >= 0.3 is 0 Å². The van der Waals surface area contributed by atoms with Crippen LogP contribution < -0.4 is 5.32 Å². The summed E-state index contributed by atoms with van der Waals surface area (Å²) < 4.78 is 5.50. The van der Waals surface area contributed by atoms with E-state index in [1.54, 1.807) is 6.07 Å². The van der Waals surface area contributed by atoms with Crippen LogP contribution >= 0.6 is 0 Å². The molecule has 6 heteroatoms. The van der Waals surface area contributed by atoms with Gasteiger partial charge in [0.05, 0.1) is 5.92 Å². The number of carbonyl (C=O) groups is 2. The number of hydrogen-bond acceptors (Lipinski definition) is 4. The maximum Gasteiger partial charge on any atom is 0.289 e. The van der Waals surface area contributed by atoms with Crippen molar-refractivity contribution in [3.63, 3.8) is 0 Å². The highest BCUT2D eigenvalue weighted by atomic mass is 16.3. The van der Waals surface area contributed by atoms with Crippen molar-refractivity contribution >= 4 is 11.8 Å². The molecule has 0 unspecified atom stereocenters. The third-order valence-corrected chi connectivity index (χ3v) is 6.99. The first-order valence-electron chi connectivity index (χ1n) is 10.4. The fourth-order valence-electron chi connectivity index (χ4n) is 5.36. The van der Waals surface area contributed by atoms with E-state index in [2.05, 4.69) is 24.1 Å². The number of aryl methyl sites for hydroxylation is 1. The van der Waals surface area contributed by atoms with Gasteiger partial charge in [0.2, 0.25) is 5.91 Å². The molecular formula is C21H31N3O3. The van der Waals surface area contributed by atoms with E-state index in [-0.39, 0.29) is 23.3 Å². The lowest BCUT2D eigenvalue weighted by Crippen LogP contribution is -2.56. The Morgan fingerprint density at radius 3 is 2.70 bits per heavy atom. The minimum absolute atomic E-state index is 0.0385. The molecule has 1 aromatic heterocycles. The van der Waals surface area contributed by atoms with Crippen LogP contribution in [-0.2, 0) is 4.79 Å². The average molecular weight is 373 g/mol. The summed E-state index contributed by atoms with van der Waals surface area (Å²) in [5.74, 6) is 1.82. The molecule has 0 bridgehead atoms. The molecule has 1 aromatic rings. The lowest BCUT2D eigenvalue weighted by Gasteiger charge is -2.42. The molecule has 3 saturated heterocycles. The quantitative estimate of drug-likeness (QED) is 0.880. The van der Waals surface area contributed by atoms with E-state index in [1.807, 2.05) is 17.9 Å². The second-order valence-corrected chi connectivity index (χ2v) is 8.65. The van der Waals surface area contributed by atoms with Crippen LogP contribution in [0.2, 0.25) is 0 Å². The van der Waals surface area contributed by atoms with E-state index in [4.69, 9.17) is 4.42 Å². The summed E-state index contributed by atoms with van der Waals surface area (Å²) in [7, 11) is 0. The fraction of sp³-hybridized carbons (Fsp3) is 0.714. The highest BCUT2D eigenvalue weighted by molar-refractivity contribution is 5.91. The summed E-state index contributed by atoms with van der Waals surface area (Å²) >= 11 is 0. The normalized spacial score (nSPS) is 28.4. The van der Waals surface area contributed by atoms with Gasteiger partial charge in [-0.05, 0) is 45.2 Å². The summed E-state index contributed by atoms with van der Waals surface area (Å²) in [5.41, 5.74) is -0.141. The average Bonchev–Trinajstić information content (AvgIpc) is 3.33. The predicted octanol–water partition coefficient (Wildman–Crippen LogP) is 2.43. The zero-order chi connectivity index (χ0) is 19.2. The first kappa shape index (κ1) is 18.5. The minimum Gasteiger partial charge on any atom is -0.456 e. The van der Waals surface area contributed by atoms with Crippen molar-refractivity contribution in [2.24, 2.45) is 11.8 Å². The molecule has 148 valence electrons. The molecule has 4 heterocycles. The number of piperidine rings is 1. The van der Waals surface area contributed by atoms with Gasteiger partial charge in [-0.25, -0.2) is 0 Å². The molecule has 1 spiro atoms. The van der Waals surface area contributed by atoms with Crippen LogP contribution in [0.4, 0.5) is 0 Å². The summed E-state index contributed by atoms with van der Waals surface area (Å²) in [5, 5.41) is 3.34. The second-order valence-electron chi connectivity index (χ2n) is 8.65. The molecular weight excluding hydrogens is 342 g/mol. The van der Waals surface area contributed by atoms with Crippen LogP contribution in [0.25, 0.3) is 0 Å². The maximum atomic E-state index is 12.7. The van der Waals surface area contributed by atoms with Crippen molar-refractivity contribution in [1.29, 1.82) is 0 Å². The molecule has 0 aliphatic carbocycles. The smallest absolute Gasteiger partial charge is 0.289 e. The maximum absolute atomic E-state index is 12.7. The van der Waals surface area contributed by atoms with Gasteiger partial charge in [-0.2, -0.15) is 0 Å². The molecule has 6 nitrogen and oxygen atoms in total. The zero-order valence-corrected chi connectivity index (χ0v) is 16.7. The van der Waals surface area contributed by atoms with E-state index >= 15 is 0 Å². The zero-order valence-electron chi connectivity index (χ0n) is 16.7. The molecule has 0 aromatic carbocycles. The Balaban J connectivity index is 1.43. The second kappa shape index (κ2) is 6.97. The summed E-state index contributed by atoms with van der Waals surface area (Å²) in [6.07, 6.45) is 4.02. The molecule has 1 N–H and O–H groups in total. The minimum atomic E-state index is -0.141. The van der Waals surface area contributed by atoms with Gasteiger partial charge in [0.25, 0.3) is 5.91 Å². The molecule has 3 aliphatic heterocycles. The van der Waals surface area contributed by atoms with Crippen molar-refractivity contribution in [3.8, 4) is 0 Å². The monoisotopic (exact) mass is 373 g/mol. The van der Waals surface area contributed by atoms with Crippen molar-refractivity contribution in [2.75, 3.05) is 26.2 Å². The number of rotatable bonds is 4. The number of hydrogen-bond donors (Lipinski definition) is 1. The molecule has 4 rings (SSSR count). The van der Waals surface area contributed by atoms with Gasteiger partial charge in [-0.15, -0.1) is 0 Å². The number of nitrogens with one attached hydrogen (secondary N) is 1. The molecule has 3 aliphatic rings. The van der Waals surface area contributed by atoms with Crippen LogP contribution in [0.1, 0.15) is 55.8 Å². The standard InChI is InChI=1S/C21H31N3O3/c1-4-5-14(2)24-12-16-17(13-24)21(22-19(16)25)8-10-23(11-9-21)20(26)18-7-6-15(3)27-18/h6-7,14,16-17H,4-5,8-13H2,1-3H3,(H,22,25)/t14-,16+,17-/m0/s1. The topological polar surface area (TPSA) is 65.8 Å². The van der Waals surface area contributed by atoms with Crippen molar-refractivity contribution in [1.82, 2.24) is 15.1 Å². The largest absolute Gasteiger partial charge is 0.456 e. The Kier molecular flexibility index (Phi) is 4.78. The van der Waals surface area contributed by atoms with Crippen LogP contribution in [0, 0.1) is 18.8 Å². The summed E-state index contributed by atoms with van der Waals surface area (Å²) in [4.78, 5) is 29.7. The molecule has 3 fully saturated rings. The molecule has 27 heavy (non-hydrogen) atoms. The van der Waals surface area contributed by atoms with Gasteiger partial charge in [0.15, 0.2) is 5.76 Å². The Bertz CT molecular complexity index is 720. The van der Waals surface area contributed by atoms with Gasteiger partial charge in [-0.3, -0.25) is 14.5 Å². The van der Waals surface area contributed by atoms with E-state index in [9.17, 15) is 9.59 Å². The predicted molar refractivity (Wildman–Crippen MR) is 102 cm³/mol. The van der Waals surface area contributed by atoms with Crippen LogP contribution in [0.15, 0.2) is 16.5 Å². The molecule has 2 amide bonds. The lowest BCUT2D eigenvalue weighted by molar-refractivity contribution is -0.123. The number of likely N-dealkylation sites (tertiary alicyclic amines) is 2. The Labute approximate surface area is 161 Å². The van der Waals surface area contributed by atoms with Crippen molar-refractivity contribution in [2.45, 2.75) is 58.0 Å². The summed E-state index contributed by atoms with van der Waals surface area (Å²) in [6, 6.07) is 4.11. The highest BCUT2D eigenvalue weighted by Gasteiger charge is 2.57. The van der Waals surface area contributed by atoms with Gasteiger partial charge in [-0.1, -0.05) is 13.3 Å². The Hall–Kier alpha value is -1.82. The number of furan rings is 1. The van der Waals surface area contributed by atoms with E-state index in [0.29, 0.717) is 30.8 Å². The third-order valence-electron chi connectivity index (χ3n) is 6.99. The molecule has 3 atom stereocenters. The van der Waals surface area contributed by atoms with E-state index in [1.165, 1.54) is 12.8 Å². The number of amides is 2. The Morgan fingerprint density at radius 1 is 1.33 bits per heavy atom. The van der Waals surface area contributed by atoms with Gasteiger partial charge in [0.1, 0.15) is 5.76 Å². The molecule has 0 saturated carbocycles. The Morgan fingerprint density at radius 2 is 2.07 bits per heavy atom. The lowest BCUT2D eigenvalue weighted by atomic mass is 9.75. The summed E-state index contributed by atoms with van der Waals surface area (Å²) in [6.45, 7) is 9.57. The highest BCUT2D eigenvalue weighted by Crippen LogP contribution is 2.44. The SMILES string of the molecule is CCC[C@H](C)N1C[C@H]2C(=O)NC3(CCN(C(=O)c4ccc(C)o4)CC3)[C@H]2C1. The van der Waals surface area contributed by atoms with Crippen molar-refractivity contribution in [3.05, 3.63) is 23.7 Å². The van der Waals surface area contributed by atoms with Crippen LogP contribution in [0.3, 0.4) is 0 Å². The van der Waals surface area contributed by atoms with E-state index < -0.39 is 0 Å². The third kappa shape index (κ3) is 3.18. The number of carbonyl (C=O) groups excluding carboxylic acids is 2. The van der Waals surface area contributed by atoms with Crippen molar-refractivity contribution < 1.29 is 14.0 Å². The van der Waals surface area contributed by atoms with Gasteiger partial charge < -0.3 is 14.6 Å². The van der Waals surface area contributed by atoms with Gasteiger partial charge in [0, 0.05) is 43.7 Å². The van der Waals surface area contributed by atoms with E-state index in [0.717, 1.165) is 31.7 Å². The number of fused-ring (bicyclic) bond motifs is 2. The first-order chi connectivity index (χ1) is 12.9. The first-order valence-corrected chi connectivity index (χ1v) is 10.4.